The van der Waals surface area contributed by atoms with E-state index in [-0.39, 0.29) is 18.1 Å². The number of aliphatic hydroxyl groups is 1. The molecule has 1 aliphatic rings. The van der Waals surface area contributed by atoms with Crippen LogP contribution in [0.5, 0.6) is 11.5 Å². The van der Waals surface area contributed by atoms with Crippen molar-refractivity contribution in [2.24, 2.45) is 0 Å². The van der Waals surface area contributed by atoms with Crippen LogP contribution in [0.15, 0.2) is 60.5 Å². The maximum atomic E-state index is 12.8. The van der Waals surface area contributed by atoms with E-state index >= 15 is 0 Å². The molecule has 0 saturated heterocycles. The molecule has 1 amide bonds. The second kappa shape index (κ2) is 10.4. The first-order chi connectivity index (χ1) is 16.9. The van der Waals surface area contributed by atoms with E-state index in [9.17, 15) is 9.90 Å². The molecule has 8 nitrogen and oxygen atoms in total. The number of hydrogen-bond acceptors (Lipinski definition) is 7. The largest absolute Gasteiger partial charge is 0.496 e. The minimum Gasteiger partial charge on any atom is -0.496 e. The Bertz CT molecular complexity index is 1260. The lowest BCUT2D eigenvalue weighted by atomic mass is 10.00. The number of benzene rings is 2. The zero-order chi connectivity index (χ0) is 25.0. The summed E-state index contributed by atoms with van der Waals surface area (Å²) >= 11 is 6.07. The summed E-state index contributed by atoms with van der Waals surface area (Å²) in [4.78, 5) is 18.6. The Hall–Kier alpha value is -3.49. The zero-order valence-corrected chi connectivity index (χ0v) is 20.6. The summed E-state index contributed by atoms with van der Waals surface area (Å²) in [5.74, 6) is 1.04. The van der Waals surface area contributed by atoms with E-state index in [0.717, 1.165) is 22.2 Å². The SMILES string of the molecule is COC1=CC(=O)N(CCCNc2ccnc3cc(Cl)ccc23)C1(O)Cc1ccc(OC)c(OC)c1. The first kappa shape index (κ1) is 24.6. The zero-order valence-electron chi connectivity index (χ0n) is 19.9. The van der Waals surface area contributed by atoms with Gasteiger partial charge in [0.1, 0.15) is 0 Å². The summed E-state index contributed by atoms with van der Waals surface area (Å²) in [7, 11) is 4.56. The van der Waals surface area contributed by atoms with E-state index in [4.69, 9.17) is 25.8 Å². The van der Waals surface area contributed by atoms with Crippen molar-refractivity contribution in [3.05, 3.63) is 71.1 Å². The van der Waals surface area contributed by atoms with Crippen molar-refractivity contribution < 1.29 is 24.1 Å². The standard InChI is InChI=1S/C26H28ClN3O5/c1-33-22-8-5-17(13-23(22)34-2)16-26(32)24(35-3)15-25(31)30(26)12-4-10-28-20-9-11-29-21-14-18(27)6-7-19(20)21/h5-9,11,13-15,32H,4,10,12,16H2,1-3H3,(H,28,29). The van der Waals surface area contributed by atoms with Crippen LogP contribution in [0, 0.1) is 0 Å². The Labute approximate surface area is 209 Å². The van der Waals surface area contributed by atoms with Crippen LogP contribution in [-0.4, -0.2) is 61.0 Å². The number of carbonyl (C=O) groups excluding carboxylic acids is 1. The second-order valence-corrected chi connectivity index (χ2v) is 8.62. The lowest BCUT2D eigenvalue weighted by Crippen LogP contribution is -2.51. The number of fused-ring (bicyclic) bond motifs is 1. The minimum absolute atomic E-state index is 0.141. The van der Waals surface area contributed by atoms with Crippen molar-refractivity contribution in [2.45, 2.75) is 18.6 Å². The van der Waals surface area contributed by atoms with Gasteiger partial charge in [0, 0.05) is 47.9 Å². The highest BCUT2D eigenvalue weighted by Crippen LogP contribution is 2.35. The van der Waals surface area contributed by atoms with Gasteiger partial charge in [-0.3, -0.25) is 9.78 Å². The number of aromatic nitrogens is 1. The fourth-order valence-electron chi connectivity index (χ4n) is 4.33. The van der Waals surface area contributed by atoms with Gasteiger partial charge in [-0.05, 0) is 48.4 Å². The third-order valence-electron chi connectivity index (χ3n) is 6.06. The summed E-state index contributed by atoms with van der Waals surface area (Å²) in [6.07, 6.45) is 3.81. The van der Waals surface area contributed by atoms with Gasteiger partial charge in [0.25, 0.3) is 5.91 Å². The molecule has 0 saturated carbocycles. The molecule has 4 rings (SSSR count). The number of carbonyl (C=O) groups is 1. The van der Waals surface area contributed by atoms with Crippen molar-refractivity contribution in [1.82, 2.24) is 9.88 Å². The molecule has 184 valence electrons. The molecule has 9 heteroatoms. The molecule has 0 radical (unpaired) electrons. The molecule has 2 N–H and O–H groups in total. The van der Waals surface area contributed by atoms with E-state index in [1.54, 1.807) is 32.5 Å². The fourth-order valence-corrected chi connectivity index (χ4v) is 4.50. The predicted molar refractivity (Wildman–Crippen MR) is 135 cm³/mol. The van der Waals surface area contributed by atoms with Gasteiger partial charge in [0.2, 0.25) is 5.72 Å². The number of nitrogens with one attached hydrogen (secondary N) is 1. The molecule has 0 spiro atoms. The Morgan fingerprint density at radius 3 is 2.60 bits per heavy atom. The Kier molecular flexibility index (Phi) is 7.33. The number of pyridine rings is 1. The monoisotopic (exact) mass is 497 g/mol. The molecule has 0 bridgehead atoms. The van der Waals surface area contributed by atoms with Crippen molar-refractivity contribution in [1.29, 1.82) is 0 Å². The molecular weight excluding hydrogens is 470 g/mol. The summed E-state index contributed by atoms with van der Waals surface area (Å²) in [6, 6.07) is 12.8. The summed E-state index contributed by atoms with van der Waals surface area (Å²) in [5.41, 5.74) is 0.893. The number of methoxy groups -OCH3 is 3. The van der Waals surface area contributed by atoms with E-state index in [2.05, 4.69) is 10.3 Å². The maximum absolute atomic E-state index is 12.8. The van der Waals surface area contributed by atoms with Crippen LogP contribution in [-0.2, 0) is 16.0 Å². The smallest absolute Gasteiger partial charge is 0.252 e. The Balaban J connectivity index is 1.46. The summed E-state index contributed by atoms with van der Waals surface area (Å²) < 4.78 is 16.1. The number of anilines is 1. The van der Waals surface area contributed by atoms with Crippen molar-refractivity contribution in [3.63, 3.8) is 0 Å². The summed E-state index contributed by atoms with van der Waals surface area (Å²) in [6.45, 7) is 0.911. The molecule has 35 heavy (non-hydrogen) atoms. The molecule has 0 aliphatic carbocycles. The predicted octanol–water partition coefficient (Wildman–Crippen LogP) is 4.01. The highest BCUT2D eigenvalue weighted by molar-refractivity contribution is 6.31. The van der Waals surface area contributed by atoms with Crippen molar-refractivity contribution in [3.8, 4) is 11.5 Å². The van der Waals surface area contributed by atoms with Crippen LogP contribution in [0.25, 0.3) is 10.9 Å². The number of nitrogens with zero attached hydrogens (tertiary/aromatic N) is 2. The van der Waals surface area contributed by atoms with Gasteiger partial charge in [-0.1, -0.05) is 17.7 Å². The van der Waals surface area contributed by atoms with Crippen LogP contribution in [0.1, 0.15) is 12.0 Å². The maximum Gasteiger partial charge on any atom is 0.252 e. The van der Waals surface area contributed by atoms with Crippen LogP contribution >= 0.6 is 11.6 Å². The number of rotatable bonds is 10. The van der Waals surface area contributed by atoms with E-state index in [0.29, 0.717) is 36.0 Å². The van der Waals surface area contributed by atoms with Gasteiger partial charge >= 0.3 is 0 Å². The van der Waals surface area contributed by atoms with Gasteiger partial charge in [-0.2, -0.15) is 0 Å². The average Bonchev–Trinajstić information content (AvgIpc) is 3.09. The molecule has 3 aromatic rings. The first-order valence-electron chi connectivity index (χ1n) is 11.2. The third kappa shape index (κ3) is 4.99. The van der Waals surface area contributed by atoms with E-state index in [1.165, 1.54) is 18.1 Å². The third-order valence-corrected chi connectivity index (χ3v) is 6.29. The summed E-state index contributed by atoms with van der Waals surface area (Å²) in [5, 5.41) is 16.6. The quantitative estimate of drug-likeness (QED) is 0.409. The Morgan fingerprint density at radius 1 is 1.06 bits per heavy atom. The second-order valence-electron chi connectivity index (χ2n) is 8.19. The first-order valence-corrected chi connectivity index (χ1v) is 11.6. The van der Waals surface area contributed by atoms with Crippen LogP contribution in [0.4, 0.5) is 5.69 Å². The van der Waals surface area contributed by atoms with Gasteiger partial charge in [-0.25, -0.2) is 0 Å². The number of ether oxygens (including phenoxy) is 3. The molecule has 1 aromatic heterocycles. The number of amides is 1. The normalized spacial score (nSPS) is 17.5. The van der Waals surface area contributed by atoms with Crippen LogP contribution < -0.4 is 14.8 Å². The number of halogens is 1. The molecule has 1 atom stereocenters. The highest BCUT2D eigenvalue weighted by Gasteiger charge is 2.47. The van der Waals surface area contributed by atoms with Crippen molar-refractivity contribution in [2.75, 3.05) is 39.7 Å². The molecular formula is C26H28ClN3O5. The van der Waals surface area contributed by atoms with Gasteiger partial charge in [-0.15, -0.1) is 0 Å². The number of hydrogen-bond donors (Lipinski definition) is 2. The molecule has 0 fully saturated rings. The molecule has 2 aromatic carbocycles. The molecule has 1 aliphatic heterocycles. The lowest BCUT2D eigenvalue weighted by molar-refractivity contribution is -0.146. The molecule has 1 unspecified atom stereocenters. The average molecular weight is 498 g/mol. The lowest BCUT2D eigenvalue weighted by Gasteiger charge is -2.35. The van der Waals surface area contributed by atoms with Crippen LogP contribution in [0.3, 0.4) is 0 Å². The minimum atomic E-state index is -1.61. The topological polar surface area (TPSA) is 93.2 Å². The van der Waals surface area contributed by atoms with E-state index in [1.807, 2.05) is 30.3 Å². The van der Waals surface area contributed by atoms with Gasteiger partial charge in [0.15, 0.2) is 17.3 Å². The highest BCUT2D eigenvalue weighted by atomic mass is 35.5. The van der Waals surface area contributed by atoms with Gasteiger partial charge < -0.3 is 29.5 Å². The molecule has 2 heterocycles. The fraction of sp³-hybridized carbons (Fsp3) is 0.308. The van der Waals surface area contributed by atoms with E-state index < -0.39 is 5.72 Å². The van der Waals surface area contributed by atoms with Crippen LogP contribution in [0.2, 0.25) is 5.02 Å². The Morgan fingerprint density at radius 2 is 1.86 bits per heavy atom. The van der Waals surface area contributed by atoms with Gasteiger partial charge in [0.05, 0.1) is 26.8 Å². The van der Waals surface area contributed by atoms with Crippen molar-refractivity contribution >= 4 is 34.1 Å².